The lowest BCUT2D eigenvalue weighted by Crippen LogP contribution is -2.34. The number of nitrogens with zero attached hydrogens (tertiary/aromatic N) is 3. The van der Waals surface area contributed by atoms with Gasteiger partial charge in [-0.15, -0.1) is 0 Å². The van der Waals surface area contributed by atoms with Crippen LogP contribution in [0.25, 0.3) is 33.1 Å². The molecule has 2 aromatic carbocycles. The van der Waals surface area contributed by atoms with Crippen LogP contribution >= 0.6 is 11.6 Å². The molecule has 4 rings (SSSR count). The molecule has 198 valence electrons. The van der Waals surface area contributed by atoms with Gasteiger partial charge in [-0.1, -0.05) is 11.6 Å². The van der Waals surface area contributed by atoms with E-state index in [0.29, 0.717) is 78.6 Å². The number of fused-ring (bicyclic) bond motifs is 3. The maximum Gasteiger partial charge on any atom is 0.182 e. The number of aromatic hydroxyl groups is 1. The minimum atomic E-state index is -0.532. The monoisotopic (exact) mass is 532 g/mol. The van der Waals surface area contributed by atoms with Crippen molar-refractivity contribution < 1.29 is 28.4 Å². The Labute approximate surface area is 219 Å². The predicted molar refractivity (Wildman–Crippen MR) is 140 cm³/mol. The van der Waals surface area contributed by atoms with E-state index in [1.54, 1.807) is 20.3 Å². The average molecular weight is 533 g/mol. The van der Waals surface area contributed by atoms with Gasteiger partial charge < -0.3 is 24.1 Å². The molecule has 37 heavy (non-hydrogen) atoms. The molecule has 2 heterocycles. The summed E-state index contributed by atoms with van der Waals surface area (Å²) in [5.74, 6) is 0.0364. The lowest BCUT2D eigenvalue weighted by atomic mass is 9.99. The van der Waals surface area contributed by atoms with E-state index in [9.17, 15) is 5.11 Å². The first-order valence-corrected chi connectivity index (χ1v) is 12.1. The molecule has 2 aromatic heterocycles. The van der Waals surface area contributed by atoms with Crippen LogP contribution in [0.15, 0.2) is 24.3 Å². The summed E-state index contributed by atoms with van der Waals surface area (Å²) in [4.78, 5) is 6.77. The van der Waals surface area contributed by atoms with Gasteiger partial charge in [-0.25, -0.2) is 9.37 Å². The van der Waals surface area contributed by atoms with Crippen LogP contribution in [0.4, 0.5) is 4.39 Å². The zero-order valence-corrected chi connectivity index (χ0v) is 22.0. The van der Waals surface area contributed by atoms with Crippen LogP contribution in [0.1, 0.15) is 5.69 Å². The zero-order valence-electron chi connectivity index (χ0n) is 21.2. The summed E-state index contributed by atoms with van der Waals surface area (Å²) in [5, 5.41) is 18.6. The molecular weight excluding hydrogens is 503 g/mol. The van der Waals surface area contributed by atoms with Crippen LogP contribution in [-0.4, -0.2) is 86.0 Å². The first-order valence-electron chi connectivity index (χ1n) is 11.8. The van der Waals surface area contributed by atoms with Crippen LogP contribution in [0, 0.1) is 12.7 Å². The summed E-state index contributed by atoms with van der Waals surface area (Å²) in [6.07, 6.45) is 0. The number of methoxy groups -OCH3 is 3. The van der Waals surface area contributed by atoms with Crippen molar-refractivity contribution in [3.63, 3.8) is 0 Å². The van der Waals surface area contributed by atoms with E-state index >= 15 is 4.39 Å². The summed E-state index contributed by atoms with van der Waals surface area (Å²) < 4.78 is 38.1. The third-order valence-electron chi connectivity index (χ3n) is 6.14. The highest BCUT2D eigenvalue weighted by Gasteiger charge is 2.24. The maximum atomic E-state index is 15.8. The van der Waals surface area contributed by atoms with E-state index in [4.69, 9.17) is 30.5 Å². The SMILES string of the molecule is COCCN(CCOC)CCOc1cc(F)c2c(-c3ccc(O)c(Cl)c3)nc3n[nH]c(C)c3c2c1OC. The maximum absolute atomic E-state index is 15.8. The molecule has 0 aliphatic carbocycles. The van der Waals surface area contributed by atoms with Gasteiger partial charge in [0.2, 0.25) is 0 Å². The van der Waals surface area contributed by atoms with E-state index in [1.165, 1.54) is 25.3 Å². The van der Waals surface area contributed by atoms with Crippen molar-refractivity contribution in [3.05, 3.63) is 40.8 Å². The largest absolute Gasteiger partial charge is 0.506 e. The molecule has 11 heteroatoms. The molecule has 0 bridgehead atoms. The number of ether oxygens (including phenoxy) is 4. The van der Waals surface area contributed by atoms with Gasteiger partial charge in [0, 0.05) is 62.0 Å². The van der Waals surface area contributed by atoms with E-state index in [2.05, 4.69) is 20.1 Å². The molecule has 0 fully saturated rings. The number of phenols is 1. The van der Waals surface area contributed by atoms with Gasteiger partial charge in [-0.2, -0.15) is 5.10 Å². The number of nitrogens with one attached hydrogen (secondary N) is 1. The Hall–Kier alpha value is -3.18. The van der Waals surface area contributed by atoms with Gasteiger partial charge in [0.15, 0.2) is 17.1 Å². The van der Waals surface area contributed by atoms with Gasteiger partial charge in [0.05, 0.1) is 36.4 Å². The highest BCUT2D eigenvalue weighted by molar-refractivity contribution is 6.32. The lowest BCUT2D eigenvalue weighted by Gasteiger charge is -2.22. The van der Waals surface area contributed by atoms with Gasteiger partial charge in [-0.05, 0) is 25.1 Å². The minimum absolute atomic E-state index is 0.0785. The van der Waals surface area contributed by atoms with Crippen molar-refractivity contribution in [3.8, 4) is 28.5 Å². The summed E-state index contributed by atoms with van der Waals surface area (Å²) in [7, 11) is 4.82. The van der Waals surface area contributed by atoms with E-state index in [-0.39, 0.29) is 21.9 Å². The summed E-state index contributed by atoms with van der Waals surface area (Å²) in [6.45, 7) is 5.30. The molecule has 0 saturated heterocycles. The number of rotatable bonds is 12. The highest BCUT2D eigenvalue weighted by atomic mass is 35.5. The van der Waals surface area contributed by atoms with Crippen molar-refractivity contribution in [2.45, 2.75) is 6.92 Å². The summed E-state index contributed by atoms with van der Waals surface area (Å²) in [5.41, 5.74) is 1.95. The molecule has 4 aromatic rings. The molecule has 2 N–H and O–H groups in total. The third-order valence-corrected chi connectivity index (χ3v) is 6.45. The molecule has 0 unspecified atom stereocenters. The smallest absolute Gasteiger partial charge is 0.182 e. The molecule has 0 amide bonds. The van der Waals surface area contributed by atoms with E-state index < -0.39 is 5.82 Å². The molecular formula is C26H30ClFN4O5. The number of hydrogen-bond acceptors (Lipinski definition) is 8. The Balaban J connectivity index is 1.79. The summed E-state index contributed by atoms with van der Waals surface area (Å²) >= 11 is 6.15. The topological polar surface area (TPSA) is 102 Å². The van der Waals surface area contributed by atoms with Crippen LogP contribution < -0.4 is 9.47 Å². The highest BCUT2D eigenvalue weighted by Crippen LogP contribution is 2.45. The van der Waals surface area contributed by atoms with Crippen molar-refractivity contribution in [1.82, 2.24) is 20.1 Å². The fourth-order valence-corrected chi connectivity index (χ4v) is 4.45. The zero-order chi connectivity index (χ0) is 26.5. The Morgan fingerprint density at radius 3 is 2.35 bits per heavy atom. The van der Waals surface area contributed by atoms with Crippen LogP contribution in [-0.2, 0) is 9.47 Å². The number of H-pyrrole nitrogens is 1. The Morgan fingerprint density at radius 1 is 1.00 bits per heavy atom. The molecule has 0 aliphatic heterocycles. The molecule has 0 radical (unpaired) electrons. The Kier molecular flexibility index (Phi) is 8.65. The van der Waals surface area contributed by atoms with E-state index in [0.717, 1.165) is 0 Å². The molecule has 0 spiro atoms. The summed E-state index contributed by atoms with van der Waals surface area (Å²) in [6, 6.07) is 5.91. The standard InChI is InChI=1S/C26H30ClFN4O5/c1-15-21-23-22(24(29-26(21)31-30-15)16-5-6-19(33)17(27)13-16)18(28)14-20(25(23)36-4)37-12-9-32(7-10-34-2)8-11-35-3/h5-6,13-14,33H,7-12H2,1-4H3,(H,29,30,31). The normalized spacial score (nSPS) is 11.6. The number of pyridine rings is 1. The van der Waals surface area contributed by atoms with Crippen molar-refractivity contribution in [2.24, 2.45) is 0 Å². The molecule has 9 nitrogen and oxygen atoms in total. The number of hydrogen-bond donors (Lipinski definition) is 2. The van der Waals surface area contributed by atoms with Crippen molar-refractivity contribution >= 4 is 33.4 Å². The quantitative estimate of drug-likeness (QED) is 0.274. The molecule has 0 atom stereocenters. The first-order chi connectivity index (χ1) is 17.9. The second-order valence-corrected chi connectivity index (χ2v) is 8.90. The van der Waals surface area contributed by atoms with Gasteiger partial charge in [0.1, 0.15) is 18.2 Å². The van der Waals surface area contributed by atoms with Gasteiger partial charge in [0.25, 0.3) is 0 Å². The Morgan fingerprint density at radius 2 is 1.70 bits per heavy atom. The van der Waals surface area contributed by atoms with Crippen molar-refractivity contribution in [1.29, 1.82) is 0 Å². The number of aromatic amines is 1. The van der Waals surface area contributed by atoms with Crippen LogP contribution in [0.5, 0.6) is 17.2 Å². The number of benzene rings is 2. The molecule has 0 saturated carbocycles. The number of aryl methyl sites for hydroxylation is 1. The number of aromatic nitrogens is 3. The lowest BCUT2D eigenvalue weighted by molar-refractivity contribution is 0.103. The number of halogens is 2. The minimum Gasteiger partial charge on any atom is -0.506 e. The average Bonchev–Trinajstić information content (AvgIpc) is 3.27. The van der Waals surface area contributed by atoms with Gasteiger partial charge >= 0.3 is 0 Å². The second kappa shape index (κ2) is 11.9. The van der Waals surface area contributed by atoms with Crippen LogP contribution in [0.3, 0.4) is 0 Å². The number of phenolic OH excluding ortho intramolecular Hbond substituents is 1. The van der Waals surface area contributed by atoms with Gasteiger partial charge in [-0.3, -0.25) is 10.00 Å². The van der Waals surface area contributed by atoms with Crippen LogP contribution in [0.2, 0.25) is 5.02 Å². The van der Waals surface area contributed by atoms with E-state index in [1.807, 2.05) is 6.92 Å². The third kappa shape index (κ3) is 5.57. The fraction of sp³-hybridized carbons (Fsp3) is 0.385. The van der Waals surface area contributed by atoms with Crippen molar-refractivity contribution in [2.75, 3.05) is 60.8 Å². The fourth-order valence-electron chi connectivity index (χ4n) is 4.27. The first kappa shape index (κ1) is 26.9. The predicted octanol–water partition coefficient (Wildman–Crippen LogP) is 4.57. The Bertz CT molecular complexity index is 1390. The second-order valence-electron chi connectivity index (χ2n) is 8.49. The molecule has 0 aliphatic rings.